The molecule has 2 heterocycles. The van der Waals surface area contributed by atoms with Crippen molar-refractivity contribution < 1.29 is 17.9 Å². The van der Waals surface area contributed by atoms with Gasteiger partial charge in [-0.15, -0.1) is 0 Å². The minimum atomic E-state index is -3.48. The maximum absolute atomic E-state index is 12.7. The maximum atomic E-state index is 12.7. The van der Waals surface area contributed by atoms with E-state index in [-0.39, 0.29) is 18.4 Å². The number of carbonyl (C=O) groups is 1. The van der Waals surface area contributed by atoms with Crippen LogP contribution in [0, 0.1) is 5.92 Å². The zero-order chi connectivity index (χ0) is 18.1. The first-order valence-electron chi connectivity index (χ1n) is 9.24. The van der Waals surface area contributed by atoms with Gasteiger partial charge in [-0.05, 0) is 37.2 Å². The molecule has 0 aromatic rings. The van der Waals surface area contributed by atoms with Crippen molar-refractivity contribution in [3.05, 3.63) is 0 Å². The fraction of sp³-hybridized carbons (Fsp3) is 0.938. The van der Waals surface area contributed by atoms with Crippen LogP contribution in [0.15, 0.2) is 0 Å². The molecule has 0 bridgehead atoms. The molecule has 2 rings (SSSR count). The first-order valence-corrected chi connectivity index (χ1v) is 11.8. The Bertz CT molecular complexity index is 510. The number of carbonyl (C=O) groups excluding carboxylic acids is 1. The van der Waals surface area contributed by atoms with Gasteiger partial charge in [-0.1, -0.05) is 6.92 Å². The molecular formula is C16H31N3O4S2. The van der Waals surface area contributed by atoms with Gasteiger partial charge in [0.2, 0.25) is 5.91 Å². The van der Waals surface area contributed by atoms with Gasteiger partial charge >= 0.3 is 0 Å². The predicted molar refractivity (Wildman–Crippen MR) is 101 cm³/mol. The van der Waals surface area contributed by atoms with Gasteiger partial charge in [-0.3, -0.25) is 4.79 Å². The zero-order valence-electron chi connectivity index (χ0n) is 15.1. The number of piperidine rings is 1. The molecule has 0 aromatic carbocycles. The summed E-state index contributed by atoms with van der Waals surface area (Å²) in [7, 11) is -3.48. The van der Waals surface area contributed by atoms with Crippen LogP contribution in [-0.4, -0.2) is 80.4 Å². The molecule has 2 aliphatic heterocycles. The van der Waals surface area contributed by atoms with Crippen LogP contribution < -0.4 is 5.32 Å². The van der Waals surface area contributed by atoms with E-state index in [9.17, 15) is 13.2 Å². The SMILES string of the molecule is CCCSCCCNC(=O)[C@@H]1CCCN(S(=O)(=O)N2CCOCC2)C1. The number of hydrogen-bond acceptors (Lipinski definition) is 5. The molecule has 0 unspecified atom stereocenters. The topological polar surface area (TPSA) is 79.0 Å². The highest BCUT2D eigenvalue weighted by molar-refractivity contribution is 7.99. The second-order valence-corrected chi connectivity index (χ2v) is 9.63. The smallest absolute Gasteiger partial charge is 0.282 e. The van der Waals surface area contributed by atoms with E-state index in [4.69, 9.17) is 4.74 Å². The summed E-state index contributed by atoms with van der Waals surface area (Å²) in [5.41, 5.74) is 0. The van der Waals surface area contributed by atoms with Gasteiger partial charge in [0.05, 0.1) is 19.1 Å². The largest absolute Gasteiger partial charge is 0.379 e. The van der Waals surface area contributed by atoms with E-state index >= 15 is 0 Å². The van der Waals surface area contributed by atoms with E-state index in [2.05, 4.69) is 12.2 Å². The second-order valence-electron chi connectivity index (χ2n) is 6.47. The number of ether oxygens (including phenoxy) is 1. The third-order valence-electron chi connectivity index (χ3n) is 4.49. The van der Waals surface area contributed by atoms with Crippen molar-refractivity contribution in [1.29, 1.82) is 0 Å². The number of amides is 1. The molecule has 0 aromatic heterocycles. The molecule has 146 valence electrons. The highest BCUT2D eigenvalue weighted by atomic mass is 32.2. The molecule has 0 radical (unpaired) electrons. The Labute approximate surface area is 156 Å². The Morgan fingerprint density at radius 1 is 1.20 bits per heavy atom. The normalized spacial score (nSPS) is 23.5. The average Bonchev–Trinajstić information content (AvgIpc) is 2.65. The van der Waals surface area contributed by atoms with Crippen LogP contribution in [0.25, 0.3) is 0 Å². The fourth-order valence-corrected chi connectivity index (χ4v) is 5.59. The summed E-state index contributed by atoms with van der Waals surface area (Å²) in [5, 5.41) is 2.97. The molecule has 2 aliphatic rings. The molecule has 1 atom stereocenters. The van der Waals surface area contributed by atoms with Gasteiger partial charge in [0, 0.05) is 32.7 Å². The predicted octanol–water partition coefficient (Wildman–Crippen LogP) is 0.925. The Kier molecular flexibility index (Phi) is 8.98. The van der Waals surface area contributed by atoms with Gasteiger partial charge in [0.1, 0.15) is 0 Å². The van der Waals surface area contributed by atoms with Crippen molar-refractivity contribution >= 4 is 27.9 Å². The number of rotatable bonds is 9. The number of nitrogens with one attached hydrogen (secondary N) is 1. The quantitative estimate of drug-likeness (QED) is 0.590. The summed E-state index contributed by atoms with van der Waals surface area (Å²) in [5.74, 6) is 1.96. The lowest BCUT2D eigenvalue weighted by Gasteiger charge is -2.36. The minimum absolute atomic E-state index is 0.0117. The third kappa shape index (κ3) is 6.39. The minimum Gasteiger partial charge on any atom is -0.379 e. The fourth-order valence-electron chi connectivity index (χ4n) is 3.08. The molecule has 1 N–H and O–H groups in total. The number of nitrogens with zero attached hydrogens (tertiary/aromatic N) is 2. The number of hydrogen-bond donors (Lipinski definition) is 1. The van der Waals surface area contributed by atoms with Gasteiger partial charge in [-0.25, -0.2) is 0 Å². The standard InChI is InChI=1S/C16H31N3O4S2/c1-2-12-24-13-4-6-17-16(20)15-5-3-7-19(14-15)25(21,22)18-8-10-23-11-9-18/h15H,2-14H2,1H3,(H,17,20)/t15-/m1/s1. The van der Waals surface area contributed by atoms with Crippen molar-refractivity contribution in [1.82, 2.24) is 13.9 Å². The summed E-state index contributed by atoms with van der Waals surface area (Å²) < 4.78 is 33.6. The Hall–Kier alpha value is -0.350. The van der Waals surface area contributed by atoms with E-state index in [0.29, 0.717) is 39.4 Å². The van der Waals surface area contributed by atoms with Crippen LogP contribution in [0.2, 0.25) is 0 Å². The maximum Gasteiger partial charge on any atom is 0.282 e. The van der Waals surface area contributed by atoms with E-state index in [0.717, 1.165) is 30.8 Å². The lowest BCUT2D eigenvalue weighted by atomic mass is 9.99. The molecule has 0 saturated carbocycles. The average molecular weight is 394 g/mol. The molecule has 7 nitrogen and oxygen atoms in total. The molecule has 2 saturated heterocycles. The van der Waals surface area contributed by atoms with Gasteiger partial charge < -0.3 is 10.1 Å². The van der Waals surface area contributed by atoms with Crippen LogP contribution >= 0.6 is 11.8 Å². The molecule has 9 heteroatoms. The van der Waals surface area contributed by atoms with Crippen LogP contribution in [0.5, 0.6) is 0 Å². The highest BCUT2D eigenvalue weighted by Gasteiger charge is 2.36. The van der Waals surface area contributed by atoms with E-state index in [1.807, 2.05) is 11.8 Å². The molecule has 0 aliphatic carbocycles. The lowest BCUT2D eigenvalue weighted by Crippen LogP contribution is -2.53. The Morgan fingerprint density at radius 2 is 1.96 bits per heavy atom. The number of morpholine rings is 1. The van der Waals surface area contributed by atoms with Gasteiger partial charge in [-0.2, -0.15) is 28.8 Å². The van der Waals surface area contributed by atoms with Crippen LogP contribution in [0.3, 0.4) is 0 Å². The van der Waals surface area contributed by atoms with Crippen molar-refractivity contribution in [3.8, 4) is 0 Å². The summed E-state index contributed by atoms with van der Waals surface area (Å²) in [6.45, 7) is 5.28. The number of thioether (sulfide) groups is 1. The monoisotopic (exact) mass is 393 g/mol. The zero-order valence-corrected chi connectivity index (χ0v) is 16.7. The molecule has 1 amide bonds. The van der Waals surface area contributed by atoms with E-state index < -0.39 is 10.2 Å². The Balaban J connectivity index is 1.78. The molecule has 25 heavy (non-hydrogen) atoms. The third-order valence-corrected chi connectivity index (χ3v) is 7.77. The molecule has 0 spiro atoms. The van der Waals surface area contributed by atoms with E-state index in [1.54, 1.807) is 0 Å². The summed E-state index contributed by atoms with van der Waals surface area (Å²) in [6, 6.07) is 0. The second kappa shape index (κ2) is 10.7. The van der Waals surface area contributed by atoms with Gasteiger partial charge in [0.25, 0.3) is 10.2 Å². The first kappa shape index (κ1) is 21.0. The Morgan fingerprint density at radius 3 is 2.68 bits per heavy atom. The lowest BCUT2D eigenvalue weighted by molar-refractivity contribution is -0.126. The van der Waals surface area contributed by atoms with Crippen LogP contribution in [0.4, 0.5) is 0 Å². The van der Waals surface area contributed by atoms with Crippen molar-refractivity contribution in [2.24, 2.45) is 5.92 Å². The summed E-state index contributed by atoms with van der Waals surface area (Å²) >= 11 is 1.91. The summed E-state index contributed by atoms with van der Waals surface area (Å²) in [4.78, 5) is 12.4. The molecule has 2 fully saturated rings. The van der Waals surface area contributed by atoms with Crippen molar-refractivity contribution in [3.63, 3.8) is 0 Å². The van der Waals surface area contributed by atoms with Crippen molar-refractivity contribution in [2.45, 2.75) is 32.6 Å². The van der Waals surface area contributed by atoms with E-state index in [1.165, 1.54) is 15.0 Å². The molecular weight excluding hydrogens is 362 g/mol. The summed E-state index contributed by atoms with van der Waals surface area (Å²) in [6.07, 6.45) is 3.62. The van der Waals surface area contributed by atoms with Crippen molar-refractivity contribution in [2.75, 3.05) is 57.4 Å². The first-order chi connectivity index (χ1) is 12.1. The van der Waals surface area contributed by atoms with Gasteiger partial charge in [0.15, 0.2) is 0 Å². The highest BCUT2D eigenvalue weighted by Crippen LogP contribution is 2.22. The van der Waals surface area contributed by atoms with Crippen LogP contribution in [-0.2, 0) is 19.7 Å². The van der Waals surface area contributed by atoms with Crippen LogP contribution in [0.1, 0.15) is 32.6 Å².